The summed E-state index contributed by atoms with van der Waals surface area (Å²) in [6.45, 7) is 1.23. The molecule has 1 saturated heterocycles. The monoisotopic (exact) mass is 334 g/mol. The van der Waals surface area contributed by atoms with E-state index in [1.54, 1.807) is 4.90 Å². The van der Waals surface area contributed by atoms with Crippen molar-refractivity contribution < 1.29 is 14.7 Å². The first-order valence-electron chi connectivity index (χ1n) is 9.78. The maximum atomic E-state index is 12.8. The van der Waals surface area contributed by atoms with Gasteiger partial charge in [0.15, 0.2) is 0 Å². The van der Waals surface area contributed by atoms with Crippen LogP contribution in [0.3, 0.4) is 0 Å². The van der Waals surface area contributed by atoms with E-state index < -0.39 is 0 Å². The van der Waals surface area contributed by atoms with E-state index in [1.807, 2.05) is 0 Å². The van der Waals surface area contributed by atoms with Gasteiger partial charge in [-0.2, -0.15) is 0 Å². The van der Waals surface area contributed by atoms with Crippen molar-refractivity contribution in [2.75, 3.05) is 19.7 Å². The summed E-state index contributed by atoms with van der Waals surface area (Å²) in [6, 6.07) is -0.0173. The van der Waals surface area contributed by atoms with E-state index in [2.05, 4.69) is 5.32 Å². The van der Waals surface area contributed by atoms with Crippen molar-refractivity contribution in [1.82, 2.24) is 10.2 Å². The fourth-order valence-corrected chi connectivity index (χ4v) is 6.36. The lowest BCUT2D eigenvalue weighted by Gasteiger charge is -2.55. The topological polar surface area (TPSA) is 69.6 Å². The third kappa shape index (κ3) is 2.85. The zero-order valence-corrected chi connectivity index (χ0v) is 14.5. The van der Waals surface area contributed by atoms with Crippen molar-refractivity contribution in [3.05, 3.63) is 0 Å². The number of hydrogen-bond donors (Lipinski definition) is 2. The Hall–Kier alpha value is -1.10. The van der Waals surface area contributed by atoms with Gasteiger partial charge in [-0.05, 0) is 69.1 Å². The van der Waals surface area contributed by atoms with Gasteiger partial charge in [-0.3, -0.25) is 9.59 Å². The van der Waals surface area contributed by atoms with Crippen molar-refractivity contribution in [2.24, 2.45) is 23.2 Å². The normalized spacial score (nSPS) is 40.1. The predicted octanol–water partition coefficient (Wildman–Crippen LogP) is 1.69. The molecule has 1 atom stereocenters. The van der Waals surface area contributed by atoms with Gasteiger partial charge in [-0.1, -0.05) is 0 Å². The summed E-state index contributed by atoms with van der Waals surface area (Å²) < 4.78 is 0. The highest BCUT2D eigenvalue weighted by atomic mass is 16.3. The summed E-state index contributed by atoms with van der Waals surface area (Å²) in [5.41, 5.74) is -0.126. The maximum absolute atomic E-state index is 12.8. The van der Waals surface area contributed by atoms with Crippen LogP contribution in [-0.4, -0.2) is 47.6 Å². The zero-order valence-electron chi connectivity index (χ0n) is 14.5. The van der Waals surface area contributed by atoms with Crippen molar-refractivity contribution in [1.29, 1.82) is 0 Å². The zero-order chi connectivity index (χ0) is 16.7. The van der Waals surface area contributed by atoms with Crippen LogP contribution in [0.5, 0.6) is 0 Å². The van der Waals surface area contributed by atoms with E-state index in [4.69, 9.17) is 0 Å². The molecule has 4 aliphatic carbocycles. The Morgan fingerprint density at radius 1 is 1.08 bits per heavy atom. The van der Waals surface area contributed by atoms with Crippen LogP contribution in [0.2, 0.25) is 0 Å². The Morgan fingerprint density at radius 2 is 1.71 bits per heavy atom. The molecule has 5 heteroatoms. The minimum Gasteiger partial charge on any atom is -0.394 e. The number of aliphatic hydroxyl groups is 1. The van der Waals surface area contributed by atoms with E-state index in [1.165, 1.54) is 19.3 Å². The van der Waals surface area contributed by atoms with Gasteiger partial charge in [0.05, 0.1) is 12.6 Å². The molecule has 5 fully saturated rings. The molecule has 4 bridgehead atoms. The van der Waals surface area contributed by atoms with E-state index in [9.17, 15) is 14.7 Å². The Morgan fingerprint density at radius 3 is 2.29 bits per heavy atom. The van der Waals surface area contributed by atoms with Crippen LogP contribution in [0.1, 0.15) is 57.8 Å². The lowest BCUT2D eigenvalue weighted by Crippen LogP contribution is -2.54. The van der Waals surface area contributed by atoms with Crippen LogP contribution >= 0.6 is 0 Å². The predicted molar refractivity (Wildman–Crippen MR) is 90.1 cm³/mol. The molecule has 2 amide bonds. The number of hydrogen-bond acceptors (Lipinski definition) is 3. The van der Waals surface area contributed by atoms with Gasteiger partial charge in [0.25, 0.3) is 0 Å². The minimum absolute atomic E-state index is 0.0173. The van der Waals surface area contributed by atoms with Crippen LogP contribution in [0.25, 0.3) is 0 Å². The second-order valence-corrected chi connectivity index (χ2v) is 8.77. The van der Waals surface area contributed by atoms with Crippen LogP contribution < -0.4 is 5.32 Å². The first kappa shape index (κ1) is 16.4. The Kier molecular flexibility index (Phi) is 4.31. The molecular weight excluding hydrogens is 304 g/mol. The quantitative estimate of drug-likeness (QED) is 0.804. The molecule has 5 rings (SSSR count). The molecule has 134 valence electrons. The lowest BCUT2D eigenvalue weighted by molar-refractivity contribution is -0.146. The smallest absolute Gasteiger partial charge is 0.226 e. The highest BCUT2D eigenvalue weighted by Crippen LogP contribution is 2.60. The summed E-state index contributed by atoms with van der Waals surface area (Å²) in [6.07, 6.45) is 9.42. The molecule has 0 aromatic heterocycles. The van der Waals surface area contributed by atoms with Crippen molar-refractivity contribution in [3.8, 4) is 0 Å². The number of rotatable bonds is 5. The molecule has 0 spiro atoms. The van der Waals surface area contributed by atoms with Crippen LogP contribution in [0.4, 0.5) is 0 Å². The number of carbonyl (C=O) groups is 2. The van der Waals surface area contributed by atoms with Gasteiger partial charge in [0, 0.05) is 24.9 Å². The summed E-state index contributed by atoms with van der Waals surface area (Å²) in [5.74, 6) is 2.56. The van der Waals surface area contributed by atoms with Crippen molar-refractivity contribution in [3.63, 3.8) is 0 Å². The van der Waals surface area contributed by atoms with Gasteiger partial charge >= 0.3 is 0 Å². The third-order valence-corrected chi connectivity index (χ3v) is 7.05. The maximum Gasteiger partial charge on any atom is 0.226 e. The third-order valence-electron chi connectivity index (χ3n) is 7.05. The summed E-state index contributed by atoms with van der Waals surface area (Å²) in [7, 11) is 0. The first-order chi connectivity index (χ1) is 11.6. The molecule has 0 aromatic rings. The largest absolute Gasteiger partial charge is 0.394 e. The molecule has 5 aliphatic rings. The number of amides is 2. The standard InChI is InChI=1S/C19H30N2O3/c22-12-16-2-1-5-21(16)17(23)3-4-20-18(24)19-9-13-6-14(10-19)8-15(7-13)11-19/h13-16,22H,1-12H2,(H,20,24)/t13?,14?,15?,16-,19?/m1/s1. The molecule has 1 heterocycles. The van der Waals surface area contributed by atoms with Crippen molar-refractivity contribution in [2.45, 2.75) is 63.8 Å². The molecule has 5 nitrogen and oxygen atoms in total. The summed E-state index contributed by atoms with van der Waals surface area (Å²) in [5, 5.41) is 12.4. The van der Waals surface area contributed by atoms with Gasteiger partial charge in [0.1, 0.15) is 0 Å². The molecule has 4 saturated carbocycles. The number of carbonyl (C=O) groups excluding carboxylic acids is 2. The fraction of sp³-hybridized carbons (Fsp3) is 0.895. The van der Waals surface area contributed by atoms with Crippen LogP contribution in [0.15, 0.2) is 0 Å². The van der Waals surface area contributed by atoms with E-state index >= 15 is 0 Å². The second-order valence-electron chi connectivity index (χ2n) is 8.77. The van der Waals surface area contributed by atoms with E-state index in [-0.39, 0.29) is 29.9 Å². The average Bonchev–Trinajstić information content (AvgIpc) is 3.02. The van der Waals surface area contributed by atoms with Gasteiger partial charge in [-0.15, -0.1) is 0 Å². The molecule has 24 heavy (non-hydrogen) atoms. The molecule has 2 N–H and O–H groups in total. The SMILES string of the molecule is O=C(CCNC(=O)C12CC3CC(CC(C3)C1)C2)N1CCC[C@@H]1CO. The number of likely N-dealkylation sites (tertiary alicyclic amines) is 1. The number of nitrogens with zero attached hydrogens (tertiary/aromatic N) is 1. The van der Waals surface area contributed by atoms with Gasteiger partial charge in [0.2, 0.25) is 11.8 Å². The van der Waals surface area contributed by atoms with Gasteiger partial charge < -0.3 is 15.3 Å². The van der Waals surface area contributed by atoms with E-state index in [0.717, 1.165) is 56.4 Å². The van der Waals surface area contributed by atoms with Crippen LogP contribution in [0, 0.1) is 23.2 Å². The molecule has 0 unspecified atom stereocenters. The van der Waals surface area contributed by atoms with Crippen LogP contribution in [-0.2, 0) is 9.59 Å². The average molecular weight is 334 g/mol. The number of aliphatic hydroxyl groups excluding tert-OH is 1. The Labute approximate surface area is 144 Å². The summed E-state index contributed by atoms with van der Waals surface area (Å²) in [4.78, 5) is 26.9. The highest BCUT2D eigenvalue weighted by molar-refractivity contribution is 5.84. The fourth-order valence-electron chi connectivity index (χ4n) is 6.36. The number of nitrogens with one attached hydrogen (secondary N) is 1. The molecular formula is C19H30N2O3. The highest BCUT2D eigenvalue weighted by Gasteiger charge is 2.54. The molecule has 0 aromatic carbocycles. The lowest BCUT2D eigenvalue weighted by atomic mass is 9.49. The van der Waals surface area contributed by atoms with E-state index in [0.29, 0.717) is 13.0 Å². The van der Waals surface area contributed by atoms with Crippen molar-refractivity contribution >= 4 is 11.8 Å². The summed E-state index contributed by atoms with van der Waals surface area (Å²) >= 11 is 0. The Bertz CT molecular complexity index is 483. The molecule has 1 aliphatic heterocycles. The molecule has 0 radical (unpaired) electrons. The Balaban J connectivity index is 1.29. The van der Waals surface area contributed by atoms with Gasteiger partial charge in [-0.25, -0.2) is 0 Å². The minimum atomic E-state index is -0.126. The first-order valence-corrected chi connectivity index (χ1v) is 9.78. The second kappa shape index (κ2) is 6.32.